The molecule has 0 aromatic carbocycles. The third-order valence-electron chi connectivity index (χ3n) is 5.10. The van der Waals surface area contributed by atoms with Gasteiger partial charge in [0.2, 0.25) is 5.88 Å². The van der Waals surface area contributed by atoms with E-state index >= 15 is 0 Å². The van der Waals surface area contributed by atoms with E-state index in [1.54, 1.807) is 4.90 Å². The molecular formula is C19H26F2N2O3. The zero-order valence-corrected chi connectivity index (χ0v) is 15.5. The normalized spacial score (nSPS) is 20.2. The monoisotopic (exact) mass is 368 g/mol. The summed E-state index contributed by atoms with van der Waals surface area (Å²) < 4.78 is 36.7. The lowest BCUT2D eigenvalue weighted by Gasteiger charge is -2.51. The van der Waals surface area contributed by atoms with Crippen molar-refractivity contribution in [3.05, 3.63) is 23.9 Å². The molecule has 144 valence electrons. The van der Waals surface area contributed by atoms with Gasteiger partial charge >= 0.3 is 6.09 Å². The van der Waals surface area contributed by atoms with E-state index in [0.29, 0.717) is 13.1 Å². The van der Waals surface area contributed by atoms with Gasteiger partial charge in [-0.05, 0) is 57.9 Å². The van der Waals surface area contributed by atoms with Gasteiger partial charge in [0.25, 0.3) is 6.43 Å². The summed E-state index contributed by atoms with van der Waals surface area (Å²) in [6.07, 6.45) is 2.14. The van der Waals surface area contributed by atoms with Crippen LogP contribution in [0.3, 0.4) is 0 Å². The van der Waals surface area contributed by atoms with Crippen LogP contribution in [-0.4, -0.2) is 40.8 Å². The number of pyridine rings is 1. The highest BCUT2D eigenvalue weighted by atomic mass is 19.3. The summed E-state index contributed by atoms with van der Waals surface area (Å²) in [6.45, 7) is 6.95. The Balaban J connectivity index is 1.47. The van der Waals surface area contributed by atoms with Crippen LogP contribution in [0.25, 0.3) is 0 Å². The first-order chi connectivity index (χ1) is 12.2. The smallest absolute Gasteiger partial charge is 0.410 e. The number of rotatable bonds is 3. The maximum absolute atomic E-state index is 12.7. The van der Waals surface area contributed by atoms with Gasteiger partial charge < -0.3 is 14.4 Å². The van der Waals surface area contributed by atoms with E-state index in [4.69, 9.17) is 9.47 Å². The third-order valence-corrected chi connectivity index (χ3v) is 5.10. The Kier molecular flexibility index (Phi) is 5.08. The van der Waals surface area contributed by atoms with Gasteiger partial charge in [0.1, 0.15) is 11.7 Å². The van der Waals surface area contributed by atoms with Crippen molar-refractivity contribution in [2.75, 3.05) is 13.1 Å². The lowest BCUT2D eigenvalue weighted by molar-refractivity contribution is -0.0597. The van der Waals surface area contributed by atoms with E-state index in [9.17, 15) is 13.6 Å². The molecule has 1 aliphatic heterocycles. The second-order valence-electron chi connectivity index (χ2n) is 8.34. The van der Waals surface area contributed by atoms with E-state index in [-0.39, 0.29) is 29.1 Å². The SMILES string of the molecule is CC(C)(C)OC(=O)N1CCC2(CC1)CC(Oc1cc(C(F)F)ccn1)C2. The molecule has 1 spiro atoms. The summed E-state index contributed by atoms with van der Waals surface area (Å²) in [5, 5.41) is 0. The van der Waals surface area contributed by atoms with Crippen LogP contribution in [0.4, 0.5) is 13.6 Å². The summed E-state index contributed by atoms with van der Waals surface area (Å²) >= 11 is 0. The molecule has 5 nitrogen and oxygen atoms in total. The standard InChI is InChI=1S/C19H26F2N2O3/c1-18(2,3)26-17(24)23-8-5-19(6-9-23)11-14(12-19)25-15-10-13(16(20)21)4-7-22-15/h4,7,10,14,16H,5-6,8-9,11-12H2,1-3H3. The summed E-state index contributed by atoms with van der Waals surface area (Å²) in [7, 11) is 0. The van der Waals surface area contributed by atoms with Gasteiger partial charge in [0, 0.05) is 30.9 Å². The Labute approximate surface area is 152 Å². The van der Waals surface area contributed by atoms with Crippen molar-refractivity contribution in [2.24, 2.45) is 5.41 Å². The van der Waals surface area contributed by atoms with E-state index < -0.39 is 12.0 Å². The zero-order valence-electron chi connectivity index (χ0n) is 15.5. The zero-order chi connectivity index (χ0) is 18.9. The van der Waals surface area contributed by atoms with Gasteiger partial charge in [-0.25, -0.2) is 18.6 Å². The summed E-state index contributed by atoms with van der Waals surface area (Å²) in [6, 6.07) is 2.60. The quantitative estimate of drug-likeness (QED) is 0.784. The van der Waals surface area contributed by atoms with Crippen LogP contribution in [0, 0.1) is 5.41 Å². The average Bonchev–Trinajstić information content (AvgIpc) is 2.52. The molecule has 2 heterocycles. The minimum Gasteiger partial charge on any atom is -0.474 e. The first kappa shape index (κ1) is 18.9. The first-order valence-electron chi connectivity index (χ1n) is 9.05. The van der Waals surface area contributed by atoms with Crippen molar-refractivity contribution in [1.29, 1.82) is 0 Å². The highest BCUT2D eigenvalue weighted by Gasteiger charge is 2.48. The molecule has 0 N–H and O–H groups in total. The lowest BCUT2D eigenvalue weighted by Crippen LogP contribution is -2.52. The molecule has 1 saturated carbocycles. The van der Waals surface area contributed by atoms with Crippen LogP contribution in [-0.2, 0) is 4.74 Å². The second kappa shape index (κ2) is 7.00. The number of nitrogens with zero attached hydrogens (tertiary/aromatic N) is 2. The van der Waals surface area contributed by atoms with Gasteiger partial charge in [-0.1, -0.05) is 0 Å². The highest BCUT2D eigenvalue weighted by Crippen LogP contribution is 2.50. The fourth-order valence-corrected chi connectivity index (χ4v) is 3.68. The summed E-state index contributed by atoms with van der Waals surface area (Å²) in [5.74, 6) is 0.258. The van der Waals surface area contributed by atoms with Gasteiger partial charge in [0.15, 0.2) is 0 Å². The number of carbonyl (C=O) groups excluding carboxylic acids is 1. The molecule has 2 fully saturated rings. The van der Waals surface area contributed by atoms with Crippen molar-refractivity contribution >= 4 is 6.09 Å². The van der Waals surface area contributed by atoms with Gasteiger partial charge in [-0.15, -0.1) is 0 Å². The number of alkyl halides is 2. The molecule has 7 heteroatoms. The number of likely N-dealkylation sites (tertiary alicyclic amines) is 1. The molecule has 0 atom stereocenters. The molecule has 0 radical (unpaired) electrons. The van der Waals surface area contributed by atoms with Crippen molar-refractivity contribution in [1.82, 2.24) is 9.88 Å². The number of halogens is 2. The van der Waals surface area contributed by atoms with Crippen molar-refractivity contribution in [2.45, 2.75) is 64.6 Å². The molecule has 1 amide bonds. The average molecular weight is 368 g/mol. The number of hydrogen-bond donors (Lipinski definition) is 0. The fourth-order valence-electron chi connectivity index (χ4n) is 3.68. The third kappa shape index (κ3) is 4.43. The molecular weight excluding hydrogens is 342 g/mol. The minimum atomic E-state index is -2.52. The summed E-state index contributed by atoms with van der Waals surface area (Å²) in [4.78, 5) is 17.9. The predicted molar refractivity (Wildman–Crippen MR) is 92.3 cm³/mol. The predicted octanol–water partition coefficient (Wildman–Crippen LogP) is 4.58. The van der Waals surface area contributed by atoms with E-state index in [1.807, 2.05) is 20.8 Å². The topological polar surface area (TPSA) is 51.7 Å². The van der Waals surface area contributed by atoms with Gasteiger partial charge in [-0.3, -0.25) is 0 Å². The first-order valence-corrected chi connectivity index (χ1v) is 9.05. The van der Waals surface area contributed by atoms with Crippen LogP contribution in [0.2, 0.25) is 0 Å². The maximum Gasteiger partial charge on any atom is 0.410 e. The van der Waals surface area contributed by atoms with E-state index in [2.05, 4.69) is 4.98 Å². The minimum absolute atomic E-state index is 0.00324. The number of ether oxygens (including phenoxy) is 2. The molecule has 0 unspecified atom stereocenters. The molecule has 1 saturated heterocycles. The highest BCUT2D eigenvalue weighted by molar-refractivity contribution is 5.68. The molecule has 26 heavy (non-hydrogen) atoms. The van der Waals surface area contributed by atoms with Gasteiger partial charge in [-0.2, -0.15) is 0 Å². The van der Waals surface area contributed by atoms with E-state index in [0.717, 1.165) is 25.7 Å². The fraction of sp³-hybridized carbons (Fsp3) is 0.684. The van der Waals surface area contributed by atoms with Crippen molar-refractivity contribution < 1.29 is 23.0 Å². The Bertz CT molecular complexity index is 644. The van der Waals surface area contributed by atoms with Crippen LogP contribution in [0.15, 0.2) is 18.3 Å². The maximum atomic E-state index is 12.7. The Hall–Kier alpha value is -1.92. The van der Waals surface area contributed by atoms with Crippen molar-refractivity contribution in [3.8, 4) is 5.88 Å². The molecule has 1 aromatic heterocycles. The number of amides is 1. The number of carbonyl (C=O) groups is 1. The molecule has 1 aliphatic carbocycles. The second-order valence-corrected chi connectivity index (χ2v) is 8.34. The Morgan fingerprint density at radius 3 is 2.54 bits per heavy atom. The Morgan fingerprint density at radius 2 is 1.96 bits per heavy atom. The van der Waals surface area contributed by atoms with Crippen molar-refractivity contribution in [3.63, 3.8) is 0 Å². The lowest BCUT2D eigenvalue weighted by atomic mass is 9.61. The van der Waals surface area contributed by atoms with Gasteiger partial charge in [0.05, 0.1) is 0 Å². The molecule has 2 aliphatic rings. The summed E-state index contributed by atoms with van der Waals surface area (Å²) in [5.41, 5.74) is -0.375. The van der Waals surface area contributed by atoms with Crippen LogP contribution < -0.4 is 4.74 Å². The molecule has 1 aromatic rings. The van der Waals surface area contributed by atoms with Crippen LogP contribution in [0.1, 0.15) is 58.4 Å². The number of hydrogen-bond acceptors (Lipinski definition) is 4. The largest absolute Gasteiger partial charge is 0.474 e. The molecule has 3 rings (SSSR count). The number of piperidine rings is 1. The van der Waals surface area contributed by atoms with Crippen LogP contribution >= 0.6 is 0 Å². The van der Waals surface area contributed by atoms with E-state index in [1.165, 1.54) is 18.3 Å². The Morgan fingerprint density at radius 1 is 1.31 bits per heavy atom. The van der Waals surface area contributed by atoms with Crippen LogP contribution in [0.5, 0.6) is 5.88 Å². The molecule has 0 bridgehead atoms. The number of aromatic nitrogens is 1.